The van der Waals surface area contributed by atoms with Crippen LogP contribution in [0.3, 0.4) is 0 Å². The van der Waals surface area contributed by atoms with Crippen molar-refractivity contribution in [2.45, 2.75) is 0 Å². The van der Waals surface area contributed by atoms with E-state index in [2.05, 4.69) is 10.5 Å². The van der Waals surface area contributed by atoms with Gasteiger partial charge in [-0.1, -0.05) is 29.4 Å². The fraction of sp³-hybridized carbons (Fsp3) is 0.125. The average Bonchev–Trinajstić information content (AvgIpc) is 2.60. The molecule has 0 aliphatic rings. The van der Waals surface area contributed by atoms with E-state index in [-0.39, 0.29) is 22.9 Å². The van der Waals surface area contributed by atoms with Crippen LogP contribution in [-0.4, -0.2) is 30.7 Å². The van der Waals surface area contributed by atoms with Crippen molar-refractivity contribution < 1.29 is 19.3 Å². The second-order valence-corrected chi connectivity index (χ2v) is 4.52. The maximum absolute atomic E-state index is 12.0. The summed E-state index contributed by atoms with van der Waals surface area (Å²) in [5.41, 5.74) is 0.156. The minimum atomic E-state index is -0.541. The summed E-state index contributed by atoms with van der Waals surface area (Å²) in [6.07, 6.45) is 0. The number of oxime groups is 1. The lowest BCUT2D eigenvalue weighted by molar-refractivity contribution is -0.385. The SMILES string of the molecule is CNC(=O)/C(=N/OC)c1ccccc1Oc1ccccc1[N+](=O)[O-]. The molecule has 2 rings (SSSR count). The number of hydrogen-bond acceptors (Lipinski definition) is 6. The molecule has 124 valence electrons. The van der Waals surface area contributed by atoms with Crippen LogP contribution < -0.4 is 10.1 Å². The Morgan fingerprint density at radius 3 is 2.38 bits per heavy atom. The summed E-state index contributed by atoms with van der Waals surface area (Å²) in [4.78, 5) is 27.3. The van der Waals surface area contributed by atoms with Crippen molar-refractivity contribution >= 4 is 17.3 Å². The number of amides is 1. The van der Waals surface area contributed by atoms with Gasteiger partial charge in [0.15, 0.2) is 5.71 Å². The molecule has 8 nitrogen and oxygen atoms in total. The number of nitrogens with zero attached hydrogens (tertiary/aromatic N) is 2. The van der Waals surface area contributed by atoms with E-state index < -0.39 is 10.8 Å². The van der Waals surface area contributed by atoms with E-state index in [4.69, 9.17) is 9.57 Å². The van der Waals surface area contributed by atoms with Gasteiger partial charge in [0.2, 0.25) is 5.75 Å². The number of nitro groups is 1. The Hall–Kier alpha value is -3.42. The Kier molecular flexibility index (Phi) is 5.45. The maximum Gasteiger partial charge on any atom is 0.311 e. The quantitative estimate of drug-likeness (QED) is 0.498. The summed E-state index contributed by atoms with van der Waals surface area (Å²) in [6.45, 7) is 0. The number of rotatable bonds is 6. The van der Waals surface area contributed by atoms with Gasteiger partial charge in [-0.25, -0.2) is 0 Å². The zero-order valence-electron chi connectivity index (χ0n) is 13.1. The Morgan fingerprint density at radius 2 is 1.75 bits per heavy atom. The van der Waals surface area contributed by atoms with Gasteiger partial charge in [0.05, 0.1) is 10.5 Å². The number of nitro benzene ring substituents is 1. The van der Waals surface area contributed by atoms with Crippen LogP contribution in [0.4, 0.5) is 5.69 Å². The Labute approximate surface area is 137 Å². The van der Waals surface area contributed by atoms with E-state index in [0.717, 1.165) is 0 Å². The molecule has 0 unspecified atom stereocenters. The molecule has 0 atom stereocenters. The summed E-state index contributed by atoms with van der Waals surface area (Å²) >= 11 is 0. The molecule has 0 aliphatic heterocycles. The van der Waals surface area contributed by atoms with Crippen LogP contribution in [0.15, 0.2) is 53.7 Å². The van der Waals surface area contributed by atoms with E-state index >= 15 is 0 Å². The Bertz CT molecular complexity index is 789. The smallest absolute Gasteiger partial charge is 0.311 e. The second kappa shape index (κ2) is 7.73. The first-order chi connectivity index (χ1) is 11.6. The third kappa shape index (κ3) is 3.67. The van der Waals surface area contributed by atoms with Crippen LogP contribution >= 0.6 is 0 Å². The highest BCUT2D eigenvalue weighted by atomic mass is 16.6. The predicted octanol–water partition coefficient (Wildman–Crippen LogP) is 2.48. The first-order valence-corrected chi connectivity index (χ1v) is 6.92. The molecule has 8 heteroatoms. The van der Waals surface area contributed by atoms with Crippen molar-refractivity contribution in [1.29, 1.82) is 0 Å². The van der Waals surface area contributed by atoms with Crippen LogP contribution in [-0.2, 0) is 9.63 Å². The number of carbonyl (C=O) groups excluding carboxylic acids is 1. The van der Waals surface area contributed by atoms with Crippen LogP contribution in [0, 0.1) is 10.1 Å². The molecule has 0 bridgehead atoms. The van der Waals surface area contributed by atoms with E-state index in [0.29, 0.717) is 5.56 Å². The minimum absolute atomic E-state index is 0.00539. The Balaban J connectivity index is 2.49. The van der Waals surface area contributed by atoms with Gasteiger partial charge < -0.3 is 14.9 Å². The highest BCUT2D eigenvalue weighted by Gasteiger charge is 2.21. The van der Waals surface area contributed by atoms with Crippen molar-refractivity contribution in [3.05, 3.63) is 64.2 Å². The fourth-order valence-electron chi connectivity index (χ4n) is 1.99. The molecule has 0 radical (unpaired) electrons. The monoisotopic (exact) mass is 329 g/mol. The molecular weight excluding hydrogens is 314 g/mol. The summed E-state index contributed by atoms with van der Waals surface area (Å²) < 4.78 is 5.67. The van der Waals surface area contributed by atoms with E-state index in [1.807, 2.05) is 0 Å². The molecule has 0 saturated heterocycles. The third-order valence-electron chi connectivity index (χ3n) is 3.05. The molecule has 2 aromatic rings. The highest BCUT2D eigenvalue weighted by molar-refractivity contribution is 6.45. The van der Waals surface area contributed by atoms with E-state index in [1.165, 1.54) is 26.3 Å². The largest absolute Gasteiger partial charge is 0.449 e. The number of ether oxygens (including phenoxy) is 1. The zero-order valence-corrected chi connectivity index (χ0v) is 13.1. The number of para-hydroxylation sites is 3. The van der Waals surface area contributed by atoms with Gasteiger partial charge in [0.1, 0.15) is 12.9 Å². The molecule has 0 aliphatic carbocycles. The van der Waals surface area contributed by atoms with Crippen molar-refractivity contribution in [2.24, 2.45) is 5.16 Å². The summed E-state index contributed by atoms with van der Waals surface area (Å²) in [7, 11) is 2.77. The lowest BCUT2D eigenvalue weighted by Crippen LogP contribution is -2.28. The van der Waals surface area contributed by atoms with Gasteiger partial charge in [-0.15, -0.1) is 0 Å². The van der Waals surface area contributed by atoms with Crippen LogP contribution in [0.5, 0.6) is 11.5 Å². The van der Waals surface area contributed by atoms with Gasteiger partial charge in [0.25, 0.3) is 5.91 Å². The zero-order chi connectivity index (χ0) is 17.5. The minimum Gasteiger partial charge on any atom is -0.449 e. The molecule has 0 spiro atoms. The molecular formula is C16H15N3O5. The van der Waals surface area contributed by atoms with Crippen LogP contribution in [0.25, 0.3) is 0 Å². The molecule has 2 aromatic carbocycles. The molecule has 0 heterocycles. The molecule has 0 aromatic heterocycles. The topological polar surface area (TPSA) is 103 Å². The van der Waals surface area contributed by atoms with Crippen molar-refractivity contribution in [2.75, 3.05) is 14.2 Å². The number of carbonyl (C=O) groups is 1. The van der Waals surface area contributed by atoms with Gasteiger partial charge >= 0.3 is 5.69 Å². The van der Waals surface area contributed by atoms with Gasteiger partial charge in [-0.3, -0.25) is 14.9 Å². The molecule has 24 heavy (non-hydrogen) atoms. The van der Waals surface area contributed by atoms with Crippen molar-refractivity contribution in [1.82, 2.24) is 5.32 Å². The number of benzene rings is 2. The lowest BCUT2D eigenvalue weighted by Gasteiger charge is -2.12. The molecule has 1 N–H and O–H groups in total. The number of likely N-dealkylation sites (N-methyl/N-ethyl adjacent to an activating group) is 1. The predicted molar refractivity (Wildman–Crippen MR) is 87.2 cm³/mol. The van der Waals surface area contributed by atoms with Gasteiger partial charge in [0, 0.05) is 13.1 Å². The molecule has 0 fully saturated rings. The summed E-state index contributed by atoms with van der Waals surface area (Å²) in [5, 5.41) is 17.3. The van der Waals surface area contributed by atoms with Gasteiger partial charge in [-0.2, -0.15) is 0 Å². The lowest BCUT2D eigenvalue weighted by atomic mass is 10.1. The van der Waals surface area contributed by atoms with E-state index in [9.17, 15) is 14.9 Å². The normalized spacial score (nSPS) is 10.8. The van der Waals surface area contributed by atoms with Gasteiger partial charge in [-0.05, 0) is 18.2 Å². The fourth-order valence-corrected chi connectivity index (χ4v) is 1.99. The number of nitrogens with one attached hydrogen (secondary N) is 1. The van der Waals surface area contributed by atoms with Crippen molar-refractivity contribution in [3.63, 3.8) is 0 Å². The summed E-state index contributed by atoms with van der Waals surface area (Å²) in [6, 6.07) is 12.5. The van der Waals surface area contributed by atoms with E-state index in [1.54, 1.807) is 36.4 Å². The number of hydrogen-bond donors (Lipinski definition) is 1. The summed E-state index contributed by atoms with van der Waals surface area (Å²) in [5.74, 6) is -0.176. The molecule has 0 saturated carbocycles. The van der Waals surface area contributed by atoms with Crippen LogP contribution in [0.1, 0.15) is 5.56 Å². The highest BCUT2D eigenvalue weighted by Crippen LogP contribution is 2.32. The van der Waals surface area contributed by atoms with Crippen LogP contribution in [0.2, 0.25) is 0 Å². The molecule has 1 amide bonds. The Morgan fingerprint density at radius 1 is 1.12 bits per heavy atom. The van der Waals surface area contributed by atoms with Crippen molar-refractivity contribution in [3.8, 4) is 11.5 Å². The first-order valence-electron chi connectivity index (χ1n) is 6.92. The second-order valence-electron chi connectivity index (χ2n) is 4.52. The average molecular weight is 329 g/mol. The maximum atomic E-state index is 12.0. The first kappa shape index (κ1) is 16.9. The standard InChI is InChI=1S/C16H15N3O5/c1-17-16(20)15(18-23-2)11-7-3-5-9-13(11)24-14-10-6-4-8-12(14)19(21)22/h3-10H,1-2H3,(H,17,20)/b18-15+. The third-order valence-corrected chi connectivity index (χ3v) is 3.05.